The van der Waals surface area contributed by atoms with Crippen molar-refractivity contribution in [1.29, 1.82) is 0 Å². The zero-order valence-corrected chi connectivity index (χ0v) is 13.0. The molecule has 13 heteroatoms. The van der Waals surface area contributed by atoms with E-state index in [0.717, 1.165) is 12.1 Å². The number of nitrogens with zero attached hydrogens (tertiary/aromatic N) is 4. The van der Waals surface area contributed by atoms with E-state index in [9.17, 15) is 26.3 Å². The van der Waals surface area contributed by atoms with Gasteiger partial charge < -0.3 is 9.47 Å². The highest BCUT2D eigenvalue weighted by atomic mass is 19.4. The first-order valence-electron chi connectivity index (χ1n) is 7.12. The number of fused-ring (bicyclic) bond motifs is 1. The first-order chi connectivity index (χ1) is 12.6. The molecule has 0 unspecified atom stereocenters. The highest BCUT2D eigenvalue weighted by Crippen LogP contribution is 2.26. The first kappa shape index (κ1) is 18.7. The van der Waals surface area contributed by atoms with Crippen molar-refractivity contribution in [3.63, 3.8) is 0 Å². The molecule has 0 saturated heterocycles. The number of ether oxygens (including phenoxy) is 2. The lowest BCUT2D eigenvalue weighted by Crippen LogP contribution is -2.20. The maximum absolute atomic E-state index is 12.4. The Morgan fingerprint density at radius 2 is 1.52 bits per heavy atom. The van der Waals surface area contributed by atoms with Crippen LogP contribution in [-0.4, -0.2) is 39.4 Å². The molecule has 0 amide bonds. The van der Waals surface area contributed by atoms with Crippen molar-refractivity contribution in [3.05, 3.63) is 35.5 Å². The summed E-state index contributed by atoms with van der Waals surface area (Å²) in [6.45, 7) is -1.61. The van der Waals surface area contributed by atoms with Crippen LogP contribution >= 0.6 is 0 Å². The summed E-state index contributed by atoms with van der Waals surface area (Å²) in [5.41, 5.74) is 0.199. The van der Waals surface area contributed by atoms with Crippen LogP contribution in [0.1, 0.15) is 11.3 Å². The normalized spacial score (nSPS) is 12.4. The fourth-order valence-electron chi connectivity index (χ4n) is 2.04. The predicted octanol–water partition coefficient (Wildman–Crippen LogP) is 3.44. The molecule has 0 atom stereocenters. The Kier molecular flexibility index (Phi) is 4.76. The minimum Gasteiger partial charge on any atom is -0.467 e. The van der Waals surface area contributed by atoms with Crippen LogP contribution in [0.15, 0.2) is 28.9 Å². The molecule has 0 N–H and O–H groups in total. The molecule has 0 aliphatic carbocycles. The Bertz CT molecular complexity index is 923. The summed E-state index contributed by atoms with van der Waals surface area (Å²) in [6, 6.07) is 4.70. The van der Waals surface area contributed by atoms with Crippen LogP contribution in [-0.2, 0) is 6.42 Å². The van der Waals surface area contributed by atoms with Gasteiger partial charge in [-0.3, -0.25) is 0 Å². The van der Waals surface area contributed by atoms with E-state index < -0.39 is 30.8 Å². The lowest BCUT2D eigenvalue weighted by molar-refractivity contribution is -0.274. The molecule has 0 aliphatic heterocycles. The number of hydrogen-bond acceptors (Lipinski definition) is 7. The Morgan fingerprint density at radius 3 is 2.11 bits per heavy atom. The zero-order chi connectivity index (χ0) is 19.7. The maximum Gasteiger partial charge on any atom is 0.573 e. The third-order valence-electron chi connectivity index (χ3n) is 3.05. The van der Waals surface area contributed by atoms with Gasteiger partial charge in [-0.05, 0) is 28.0 Å². The first-order valence-corrected chi connectivity index (χ1v) is 7.12. The number of rotatable bonds is 5. The number of hydrogen-bond donors (Lipinski definition) is 0. The van der Waals surface area contributed by atoms with Crippen LogP contribution in [0.25, 0.3) is 11.3 Å². The molecule has 0 saturated carbocycles. The van der Waals surface area contributed by atoms with Crippen LogP contribution in [0.5, 0.6) is 11.6 Å². The molecule has 0 bridgehead atoms. The minimum atomic E-state index is -4.84. The molecule has 2 aromatic heterocycles. The lowest BCUT2D eigenvalue weighted by atomic mass is 10.1. The second kappa shape index (κ2) is 6.89. The summed E-state index contributed by atoms with van der Waals surface area (Å²) >= 11 is 0. The second-order valence-corrected chi connectivity index (χ2v) is 5.16. The van der Waals surface area contributed by atoms with Crippen LogP contribution in [0.2, 0.25) is 0 Å². The summed E-state index contributed by atoms with van der Waals surface area (Å²) in [5.74, 6) is -0.881. The standard InChI is InChI=1S/C14H8F6N4O3/c15-13(16,17)6-25-12-9(21-10-11(22-12)24-27-23-10)5-7-1-3-8(4-2-7)26-14(18,19)20/h1-4H,5-6H2. The van der Waals surface area contributed by atoms with Crippen molar-refractivity contribution < 1.29 is 40.4 Å². The SMILES string of the molecule is FC(F)(F)COc1nc2nonc2nc1Cc1ccc(OC(F)(F)F)cc1. The fraction of sp³-hybridized carbons (Fsp3) is 0.286. The van der Waals surface area contributed by atoms with Gasteiger partial charge in [-0.15, -0.1) is 13.2 Å². The fourth-order valence-corrected chi connectivity index (χ4v) is 2.04. The number of benzene rings is 1. The molecule has 0 spiro atoms. The summed E-state index contributed by atoms with van der Waals surface area (Å²) in [4.78, 5) is 7.75. The van der Waals surface area contributed by atoms with Gasteiger partial charge in [-0.25, -0.2) is 9.61 Å². The lowest BCUT2D eigenvalue weighted by Gasteiger charge is -2.12. The van der Waals surface area contributed by atoms with Crippen LogP contribution in [0.4, 0.5) is 26.3 Å². The van der Waals surface area contributed by atoms with E-state index >= 15 is 0 Å². The Labute approximate surface area is 145 Å². The molecule has 0 fully saturated rings. The Hall–Kier alpha value is -3.12. The van der Waals surface area contributed by atoms with E-state index in [2.05, 4.69) is 34.4 Å². The molecule has 0 aliphatic rings. The zero-order valence-electron chi connectivity index (χ0n) is 13.0. The third kappa shape index (κ3) is 5.18. The number of halogens is 6. The van der Waals surface area contributed by atoms with E-state index in [0.29, 0.717) is 5.56 Å². The molecule has 0 radical (unpaired) electrons. The van der Waals surface area contributed by atoms with Gasteiger partial charge >= 0.3 is 12.5 Å². The van der Waals surface area contributed by atoms with Crippen LogP contribution < -0.4 is 9.47 Å². The van der Waals surface area contributed by atoms with E-state index in [-0.39, 0.29) is 23.4 Å². The predicted molar refractivity (Wildman–Crippen MR) is 74.9 cm³/mol. The summed E-state index contributed by atoms with van der Waals surface area (Å²) in [6.07, 6.45) is -9.53. The average molecular weight is 394 g/mol. The topological polar surface area (TPSA) is 83.2 Å². The van der Waals surface area contributed by atoms with Crippen molar-refractivity contribution in [1.82, 2.24) is 20.3 Å². The molecular weight excluding hydrogens is 386 g/mol. The van der Waals surface area contributed by atoms with Crippen LogP contribution in [0.3, 0.4) is 0 Å². The largest absolute Gasteiger partial charge is 0.573 e. The summed E-state index contributed by atoms with van der Waals surface area (Å²) in [7, 11) is 0. The summed E-state index contributed by atoms with van der Waals surface area (Å²) in [5, 5.41) is 6.82. The van der Waals surface area contributed by atoms with E-state index in [1.165, 1.54) is 12.1 Å². The van der Waals surface area contributed by atoms with Gasteiger partial charge in [-0.2, -0.15) is 18.2 Å². The summed E-state index contributed by atoms with van der Waals surface area (Å²) < 4.78 is 86.5. The quantitative estimate of drug-likeness (QED) is 0.613. The average Bonchev–Trinajstić information content (AvgIpc) is 2.99. The molecule has 2 heterocycles. The van der Waals surface area contributed by atoms with Crippen molar-refractivity contribution in [2.75, 3.05) is 6.61 Å². The molecule has 3 aromatic rings. The van der Waals surface area contributed by atoms with Gasteiger partial charge in [0.1, 0.15) is 11.4 Å². The van der Waals surface area contributed by atoms with Crippen molar-refractivity contribution in [3.8, 4) is 11.6 Å². The maximum atomic E-state index is 12.4. The highest BCUT2D eigenvalue weighted by molar-refractivity contribution is 5.64. The van der Waals surface area contributed by atoms with Crippen molar-refractivity contribution in [2.45, 2.75) is 19.0 Å². The van der Waals surface area contributed by atoms with Gasteiger partial charge in [0.05, 0.1) is 0 Å². The number of alkyl halides is 6. The van der Waals surface area contributed by atoms with Gasteiger partial charge in [0.25, 0.3) is 0 Å². The van der Waals surface area contributed by atoms with Gasteiger partial charge in [0.2, 0.25) is 17.2 Å². The van der Waals surface area contributed by atoms with E-state index in [1.807, 2.05) is 0 Å². The number of aromatic nitrogens is 4. The van der Waals surface area contributed by atoms with Crippen molar-refractivity contribution in [2.24, 2.45) is 0 Å². The van der Waals surface area contributed by atoms with Crippen LogP contribution in [0, 0.1) is 0 Å². The Balaban J connectivity index is 1.84. The minimum absolute atomic E-state index is 0.0214. The van der Waals surface area contributed by atoms with E-state index in [1.54, 1.807) is 0 Å². The molecule has 1 aromatic carbocycles. The van der Waals surface area contributed by atoms with Gasteiger partial charge in [0, 0.05) is 6.42 Å². The smallest absolute Gasteiger partial charge is 0.467 e. The molecule has 3 rings (SSSR count). The second-order valence-electron chi connectivity index (χ2n) is 5.16. The molecule has 27 heavy (non-hydrogen) atoms. The molecule has 144 valence electrons. The Morgan fingerprint density at radius 1 is 0.889 bits per heavy atom. The van der Waals surface area contributed by atoms with Gasteiger partial charge in [-0.1, -0.05) is 12.1 Å². The van der Waals surface area contributed by atoms with Gasteiger partial charge in [0.15, 0.2) is 6.61 Å². The van der Waals surface area contributed by atoms with Crippen molar-refractivity contribution >= 4 is 11.3 Å². The third-order valence-corrected chi connectivity index (χ3v) is 3.05. The van der Waals surface area contributed by atoms with E-state index in [4.69, 9.17) is 0 Å². The molecule has 7 nitrogen and oxygen atoms in total. The monoisotopic (exact) mass is 394 g/mol. The highest BCUT2D eigenvalue weighted by Gasteiger charge is 2.31. The molecular formula is C14H8F6N4O3.